The first-order valence-electron chi connectivity index (χ1n) is 7.59. The van der Waals surface area contributed by atoms with Crippen LogP contribution in [0.15, 0.2) is 23.1 Å². The minimum Gasteiger partial charge on any atom is -0.481 e. The molecule has 3 N–H and O–H groups in total. The lowest BCUT2D eigenvalue weighted by molar-refractivity contribution is -0.137. The first-order valence-corrected chi connectivity index (χ1v) is 8.47. The van der Waals surface area contributed by atoms with Crippen LogP contribution in [0.4, 0.5) is 5.69 Å². The Labute approximate surface area is 139 Å². The van der Waals surface area contributed by atoms with Crippen molar-refractivity contribution in [3.8, 4) is 0 Å². The van der Waals surface area contributed by atoms with Crippen LogP contribution in [0.25, 0.3) is 0 Å². The van der Waals surface area contributed by atoms with Crippen LogP contribution in [-0.4, -0.2) is 34.7 Å². The fraction of sp³-hybridized carbons (Fsp3) is 0.438. The van der Waals surface area contributed by atoms with E-state index in [1.165, 1.54) is 11.8 Å². The number of thioether (sulfide) groups is 1. The maximum absolute atomic E-state index is 12.1. The summed E-state index contributed by atoms with van der Waals surface area (Å²) in [7, 11) is 0. The molecule has 7 heteroatoms. The first-order chi connectivity index (χ1) is 11.0. The van der Waals surface area contributed by atoms with Gasteiger partial charge in [0.15, 0.2) is 0 Å². The third kappa shape index (κ3) is 4.99. The number of carbonyl (C=O) groups excluding carboxylic acids is 2. The van der Waals surface area contributed by atoms with Crippen molar-refractivity contribution in [2.75, 3.05) is 11.9 Å². The third-order valence-corrected chi connectivity index (χ3v) is 4.70. The van der Waals surface area contributed by atoms with E-state index >= 15 is 0 Å². The third-order valence-electron chi connectivity index (χ3n) is 3.53. The summed E-state index contributed by atoms with van der Waals surface area (Å²) >= 11 is 1.48. The number of anilines is 1. The van der Waals surface area contributed by atoms with E-state index in [-0.39, 0.29) is 23.5 Å². The zero-order valence-electron chi connectivity index (χ0n) is 12.9. The SMILES string of the molecule is CC1Sc2ccc(C(=O)NCCCCCC(=O)O)cc2NC1=O. The second-order valence-electron chi connectivity index (χ2n) is 5.42. The number of carboxylic acids is 1. The molecular formula is C16H20N2O4S. The van der Waals surface area contributed by atoms with Crippen molar-refractivity contribution in [1.82, 2.24) is 5.32 Å². The Hall–Kier alpha value is -2.02. The summed E-state index contributed by atoms with van der Waals surface area (Å²) < 4.78 is 0. The van der Waals surface area contributed by atoms with E-state index in [0.29, 0.717) is 24.2 Å². The molecule has 1 aliphatic heterocycles. The maximum Gasteiger partial charge on any atom is 0.303 e. The van der Waals surface area contributed by atoms with Gasteiger partial charge in [-0.15, -0.1) is 11.8 Å². The lowest BCUT2D eigenvalue weighted by Crippen LogP contribution is -2.28. The summed E-state index contributed by atoms with van der Waals surface area (Å²) in [5, 5.41) is 14.0. The van der Waals surface area contributed by atoms with Crippen molar-refractivity contribution >= 4 is 35.2 Å². The highest BCUT2D eigenvalue weighted by Gasteiger charge is 2.23. The molecule has 0 aromatic heterocycles. The minimum absolute atomic E-state index is 0.0570. The number of amides is 2. The molecule has 0 saturated heterocycles. The Balaban J connectivity index is 1.83. The van der Waals surface area contributed by atoms with Gasteiger partial charge in [0.25, 0.3) is 5.91 Å². The number of nitrogens with one attached hydrogen (secondary N) is 2. The normalized spacial score (nSPS) is 16.4. The van der Waals surface area contributed by atoms with Gasteiger partial charge in [-0.1, -0.05) is 6.42 Å². The first kappa shape index (κ1) is 17.3. The van der Waals surface area contributed by atoms with Gasteiger partial charge in [0.05, 0.1) is 10.9 Å². The summed E-state index contributed by atoms with van der Waals surface area (Å²) in [6.45, 7) is 2.35. The molecule has 1 heterocycles. The fourth-order valence-corrected chi connectivity index (χ4v) is 3.16. The zero-order chi connectivity index (χ0) is 16.8. The van der Waals surface area contributed by atoms with Gasteiger partial charge in [-0.2, -0.15) is 0 Å². The highest BCUT2D eigenvalue weighted by Crippen LogP contribution is 2.35. The fourth-order valence-electron chi connectivity index (χ4n) is 2.23. The molecule has 2 amide bonds. The van der Waals surface area contributed by atoms with Gasteiger partial charge in [-0.25, -0.2) is 0 Å². The molecule has 0 fully saturated rings. The van der Waals surface area contributed by atoms with Crippen LogP contribution < -0.4 is 10.6 Å². The number of benzene rings is 1. The molecule has 1 unspecified atom stereocenters. The number of hydrogen-bond acceptors (Lipinski definition) is 4. The number of fused-ring (bicyclic) bond motifs is 1. The minimum atomic E-state index is -0.794. The summed E-state index contributed by atoms with van der Waals surface area (Å²) in [4.78, 5) is 35.1. The maximum atomic E-state index is 12.1. The molecule has 1 aliphatic rings. The molecule has 23 heavy (non-hydrogen) atoms. The highest BCUT2D eigenvalue weighted by atomic mass is 32.2. The molecule has 1 aromatic carbocycles. The molecule has 0 saturated carbocycles. The van der Waals surface area contributed by atoms with Crippen LogP contribution in [0.1, 0.15) is 43.0 Å². The van der Waals surface area contributed by atoms with Crippen LogP contribution in [-0.2, 0) is 9.59 Å². The highest BCUT2D eigenvalue weighted by molar-refractivity contribution is 8.00. The molecule has 124 valence electrons. The van der Waals surface area contributed by atoms with Crippen LogP contribution in [0, 0.1) is 0 Å². The van der Waals surface area contributed by atoms with Crippen molar-refractivity contribution in [2.24, 2.45) is 0 Å². The van der Waals surface area contributed by atoms with Crippen molar-refractivity contribution in [3.05, 3.63) is 23.8 Å². The van der Waals surface area contributed by atoms with Gasteiger partial charge in [-0.3, -0.25) is 14.4 Å². The van der Waals surface area contributed by atoms with Crippen molar-refractivity contribution in [3.63, 3.8) is 0 Å². The molecular weight excluding hydrogens is 316 g/mol. The van der Waals surface area contributed by atoms with Crippen LogP contribution in [0.5, 0.6) is 0 Å². The van der Waals surface area contributed by atoms with Crippen LogP contribution in [0.3, 0.4) is 0 Å². The van der Waals surface area contributed by atoms with Crippen LogP contribution >= 0.6 is 11.8 Å². The second-order valence-corrected chi connectivity index (χ2v) is 6.80. The standard InChI is InChI=1S/C16H20N2O4S/c1-10-15(21)18-12-9-11(6-7-13(12)23-10)16(22)17-8-4-2-3-5-14(19)20/h6-7,9-10H,2-5,8H2,1H3,(H,17,22)(H,18,21)(H,19,20). The van der Waals surface area contributed by atoms with E-state index in [0.717, 1.165) is 17.7 Å². The van der Waals surface area contributed by atoms with Crippen LogP contribution in [0.2, 0.25) is 0 Å². The lowest BCUT2D eigenvalue weighted by Gasteiger charge is -2.21. The molecule has 1 atom stereocenters. The molecule has 0 spiro atoms. The largest absolute Gasteiger partial charge is 0.481 e. The summed E-state index contributed by atoms with van der Waals surface area (Å²) in [6, 6.07) is 5.28. The number of aliphatic carboxylic acids is 1. The van der Waals surface area contributed by atoms with Gasteiger partial charge in [0.1, 0.15) is 0 Å². The van der Waals surface area contributed by atoms with E-state index in [4.69, 9.17) is 5.11 Å². The average Bonchev–Trinajstić information content (AvgIpc) is 2.51. The summed E-state index contributed by atoms with van der Waals surface area (Å²) in [6.07, 6.45) is 2.29. The second kappa shape index (κ2) is 8.01. The van der Waals surface area contributed by atoms with E-state index < -0.39 is 5.97 Å². The van der Waals surface area contributed by atoms with Gasteiger partial charge in [0.2, 0.25) is 5.91 Å². The predicted molar refractivity (Wildman–Crippen MR) is 88.8 cm³/mol. The number of hydrogen-bond donors (Lipinski definition) is 3. The molecule has 1 aromatic rings. The molecule has 0 bridgehead atoms. The Bertz CT molecular complexity index is 618. The smallest absolute Gasteiger partial charge is 0.303 e. The number of carbonyl (C=O) groups is 3. The molecule has 0 aliphatic carbocycles. The Morgan fingerprint density at radius 2 is 2.09 bits per heavy atom. The monoisotopic (exact) mass is 336 g/mol. The summed E-state index contributed by atoms with van der Waals surface area (Å²) in [5.74, 6) is -1.04. The van der Waals surface area contributed by atoms with E-state index in [1.807, 2.05) is 13.0 Å². The zero-order valence-corrected chi connectivity index (χ0v) is 13.7. The van der Waals surface area contributed by atoms with Crippen molar-refractivity contribution < 1.29 is 19.5 Å². The van der Waals surface area contributed by atoms with E-state index in [2.05, 4.69) is 10.6 Å². The van der Waals surface area contributed by atoms with Gasteiger partial charge in [-0.05, 0) is 38.0 Å². The lowest BCUT2D eigenvalue weighted by atomic mass is 10.1. The topological polar surface area (TPSA) is 95.5 Å². The van der Waals surface area contributed by atoms with Crippen molar-refractivity contribution in [1.29, 1.82) is 0 Å². The van der Waals surface area contributed by atoms with Gasteiger partial charge in [0, 0.05) is 23.4 Å². The molecule has 6 nitrogen and oxygen atoms in total. The number of unbranched alkanes of at least 4 members (excludes halogenated alkanes) is 2. The molecule has 2 rings (SSSR count). The quantitative estimate of drug-likeness (QED) is 0.665. The molecule has 0 radical (unpaired) electrons. The van der Waals surface area contributed by atoms with E-state index in [9.17, 15) is 14.4 Å². The Kier molecular flexibility index (Phi) is 6.04. The number of carboxylic acid groups (broad SMARTS) is 1. The van der Waals surface area contributed by atoms with E-state index in [1.54, 1.807) is 12.1 Å². The summed E-state index contributed by atoms with van der Waals surface area (Å²) in [5.41, 5.74) is 1.18. The predicted octanol–water partition coefficient (Wildman–Crippen LogP) is 2.49. The van der Waals surface area contributed by atoms with Gasteiger partial charge < -0.3 is 15.7 Å². The Morgan fingerprint density at radius 1 is 1.30 bits per heavy atom. The van der Waals surface area contributed by atoms with Gasteiger partial charge >= 0.3 is 5.97 Å². The number of rotatable bonds is 7. The average molecular weight is 336 g/mol. The Morgan fingerprint density at radius 3 is 2.83 bits per heavy atom. The van der Waals surface area contributed by atoms with Crippen molar-refractivity contribution in [2.45, 2.75) is 42.8 Å².